The molecule has 2 aliphatic heterocycles. The summed E-state index contributed by atoms with van der Waals surface area (Å²) in [6, 6.07) is -0.745. The highest BCUT2D eigenvalue weighted by Gasteiger charge is 2.52. The van der Waals surface area contributed by atoms with Gasteiger partial charge < -0.3 is 16.2 Å². The summed E-state index contributed by atoms with van der Waals surface area (Å²) >= 11 is 2.68. The maximum absolute atomic E-state index is 12.9. The lowest BCUT2D eigenvalue weighted by Gasteiger charge is -2.48. The number of carboxylic acids is 1. The highest BCUT2D eigenvalue weighted by molar-refractivity contribution is 8.00. The standard InChI is InChI=1S/C17H18N4O4S2/c18-17-19-10(7-27-17)9(4-3-8-1-2-8)13(22)20-12-14(23)21-11(16(24)25)5-6-26-15(12)21/h4-5,7-8,12,15H,1-3,6H2,(H2,18,19)(H,20,22)(H,24,25)/b9-4-/t12-,15-/m1/s1. The van der Waals surface area contributed by atoms with Crippen LogP contribution >= 0.6 is 23.1 Å². The molecule has 3 aliphatic rings. The number of thioether (sulfide) groups is 1. The van der Waals surface area contributed by atoms with Crippen molar-refractivity contribution in [1.29, 1.82) is 0 Å². The first kappa shape index (κ1) is 18.1. The van der Waals surface area contributed by atoms with Crippen LogP contribution in [0.15, 0.2) is 23.2 Å². The molecule has 10 heteroatoms. The Balaban J connectivity index is 1.50. The predicted molar refractivity (Wildman–Crippen MR) is 103 cm³/mol. The van der Waals surface area contributed by atoms with E-state index in [4.69, 9.17) is 5.73 Å². The molecule has 0 unspecified atom stereocenters. The average molecular weight is 406 g/mol. The SMILES string of the molecule is Nc1nc(/C(=C/CC2CC2)C(=O)N[C@@H]2C(=O)N3C(C(=O)O)=CCS[C@H]23)cs1. The van der Waals surface area contributed by atoms with Crippen LogP contribution in [0.4, 0.5) is 5.13 Å². The Bertz CT molecular complexity index is 874. The van der Waals surface area contributed by atoms with Crippen molar-refractivity contribution in [2.24, 2.45) is 5.92 Å². The van der Waals surface area contributed by atoms with Crippen LogP contribution in [0.3, 0.4) is 0 Å². The number of allylic oxidation sites excluding steroid dienone is 1. The number of aliphatic carboxylic acids is 1. The van der Waals surface area contributed by atoms with E-state index >= 15 is 0 Å². The predicted octanol–water partition coefficient (Wildman–Crippen LogP) is 1.28. The fraction of sp³-hybridized carbons (Fsp3) is 0.412. The fourth-order valence-corrected chi connectivity index (χ4v) is 4.88. The van der Waals surface area contributed by atoms with E-state index in [9.17, 15) is 19.5 Å². The average Bonchev–Trinajstić information content (AvgIpc) is 3.38. The van der Waals surface area contributed by atoms with Gasteiger partial charge in [-0.05, 0) is 31.3 Å². The molecule has 0 spiro atoms. The molecule has 4 rings (SSSR count). The summed E-state index contributed by atoms with van der Waals surface area (Å²) in [4.78, 5) is 42.0. The monoisotopic (exact) mass is 406 g/mol. The number of amides is 2. The Hall–Kier alpha value is -2.33. The van der Waals surface area contributed by atoms with E-state index in [1.807, 2.05) is 6.08 Å². The lowest BCUT2D eigenvalue weighted by Crippen LogP contribution is -2.70. The highest BCUT2D eigenvalue weighted by atomic mass is 32.2. The molecule has 2 atom stereocenters. The minimum absolute atomic E-state index is 0.0222. The number of anilines is 1. The molecule has 2 amide bonds. The van der Waals surface area contributed by atoms with Crippen molar-refractivity contribution in [2.75, 3.05) is 11.5 Å². The van der Waals surface area contributed by atoms with Gasteiger partial charge >= 0.3 is 5.97 Å². The van der Waals surface area contributed by atoms with E-state index in [1.165, 1.54) is 34.1 Å². The first-order valence-corrected chi connectivity index (χ1v) is 10.5. The molecular formula is C17H18N4O4S2. The van der Waals surface area contributed by atoms with Gasteiger partial charge in [0.05, 0.1) is 11.3 Å². The molecule has 1 aromatic heterocycles. The number of nitrogens with one attached hydrogen (secondary N) is 1. The van der Waals surface area contributed by atoms with Gasteiger partial charge in [0.1, 0.15) is 17.1 Å². The van der Waals surface area contributed by atoms with Crippen LogP contribution in [-0.4, -0.2) is 49.9 Å². The molecule has 1 saturated carbocycles. The van der Waals surface area contributed by atoms with Gasteiger partial charge in [0, 0.05) is 11.1 Å². The Kier molecular flexibility index (Phi) is 4.68. The molecule has 1 saturated heterocycles. The number of nitrogen functional groups attached to an aromatic ring is 1. The summed E-state index contributed by atoms with van der Waals surface area (Å²) < 4.78 is 0. The van der Waals surface area contributed by atoms with Gasteiger partial charge in [-0.25, -0.2) is 9.78 Å². The van der Waals surface area contributed by atoms with Gasteiger partial charge in [-0.3, -0.25) is 14.5 Å². The van der Waals surface area contributed by atoms with Crippen LogP contribution in [0, 0.1) is 5.92 Å². The van der Waals surface area contributed by atoms with Crippen LogP contribution in [-0.2, 0) is 14.4 Å². The van der Waals surface area contributed by atoms with Crippen molar-refractivity contribution in [1.82, 2.24) is 15.2 Å². The zero-order chi connectivity index (χ0) is 19.1. The number of rotatable bonds is 6. The second-order valence-corrected chi connectivity index (χ2v) is 8.68. The normalized spacial score (nSPS) is 24.7. The van der Waals surface area contributed by atoms with Crippen molar-refractivity contribution < 1.29 is 19.5 Å². The molecule has 2 fully saturated rings. The summed E-state index contributed by atoms with van der Waals surface area (Å²) in [5, 5.41) is 13.7. The summed E-state index contributed by atoms with van der Waals surface area (Å²) in [6.07, 6.45) is 6.47. The Morgan fingerprint density at radius 3 is 2.85 bits per heavy atom. The first-order chi connectivity index (χ1) is 13.0. The van der Waals surface area contributed by atoms with E-state index in [-0.39, 0.29) is 11.6 Å². The number of carbonyl (C=O) groups is 3. The number of nitrogens with zero attached hydrogens (tertiary/aromatic N) is 2. The number of aromatic nitrogens is 1. The van der Waals surface area contributed by atoms with Crippen LogP contribution in [0.25, 0.3) is 5.57 Å². The number of carboxylic acid groups (broad SMARTS) is 1. The van der Waals surface area contributed by atoms with E-state index < -0.39 is 23.3 Å². The third-order valence-corrected chi connectivity index (χ3v) is 6.60. The Morgan fingerprint density at radius 1 is 1.44 bits per heavy atom. The molecule has 0 radical (unpaired) electrons. The van der Waals surface area contributed by atoms with Crippen LogP contribution in [0.2, 0.25) is 0 Å². The largest absolute Gasteiger partial charge is 0.477 e. The fourth-order valence-electron chi connectivity index (χ4n) is 3.12. The molecule has 1 aromatic rings. The minimum atomic E-state index is -1.14. The summed E-state index contributed by atoms with van der Waals surface area (Å²) in [7, 11) is 0. The van der Waals surface area contributed by atoms with Crippen molar-refractivity contribution in [3.8, 4) is 0 Å². The maximum Gasteiger partial charge on any atom is 0.352 e. The van der Waals surface area contributed by atoms with E-state index in [0.29, 0.717) is 28.1 Å². The number of thiazole rings is 1. The molecule has 1 aliphatic carbocycles. The number of hydrogen-bond donors (Lipinski definition) is 3. The summed E-state index contributed by atoms with van der Waals surface area (Å²) in [6.45, 7) is 0. The zero-order valence-electron chi connectivity index (χ0n) is 14.3. The molecule has 3 heterocycles. The number of hydrogen-bond acceptors (Lipinski definition) is 7. The highest BCUT2D eigenvalue weighted by Crippen LogP contribution is 2.38. The molecule has 0 aromatic carbocycles. The van der Waals surface area contributed by atoms with Crippen LogP contribution in [0.1, 0.15) is 25.0 Å². The Labute approximate surface area is 163 Å². The van der Waals surface area contributed by atoms with Gasteiger partial charge in [0.15, 0.2) is 5.13 Å². The van der Waals surface area contributed by atoms with Crippen LogP contribution < -0.4 is 11.1 Å². The van der Waals surface area contributed by atoms with Crippen molar-refractivity contribution in [3.05, 3.63) is 28.9 Å². The molecule has 4 N–H and O–H groups in total. The molecule has 8 nitrogen and oxygen atoms in total. The molecule has 27 heavy (non-hydrogen) atoms. The zero-order valence-corrected chi connectivity index (χ0v) is 15.9. The maximum atomic E-state index is 12.9. The third-order valence-electron chi connectivity index (χ3n) is 4.75. The van der Waals surface area contributed by atoms with Gasteiger partial charge in [-0.2, -0.15) is 0 Å². The summed E-state index contributed by atoms with van der Waals surface area (Å²) in [5.74, 6) is -0.849. The van der Waals surface area contributed by atoms with Gasteiger partial charge in [0.25, 0.3) is 11.8 Å². The Morgan fingerprint density at radius 2 is 2.22 bits per heavy atom. The smallest absolute Gasteiger partial charge is 0.352 e. The first-order valence-electron chi connectivity index (χ1n) is 8.56. The quantitative estimate of drug-likeness (QED) is 0.480. The van der Waals surface area contributed by atoms with E-state index in [0.717, 1.165) is 19.3 Å². The minimum Gasteiger partial charge on any atom is -0.477 e. The van der Waals surface area contributed by atoms with Crippen molar-refractivity contribution >= 4 is 51.6 Å². The lowest BCUT2D eigenvalue weighted by molar-refractivity contribution is -0.150. The van der Waals surface area contributed by atoms with Crippen molar-refractivity contribution in [2.45, 2.75) is 30.7 Å². The number of β-lactam (4-membered cyclic amide) rings is 1. The van der Waals surface area contributed by atoms with Gasteiger partial charge in [0.2, 0.25) is 0 Å². The van der Waals surface area contributed by atoms with Gasteiger partial charge in [-0.1, -0.05) is 6.08 Å². The van der Waals surface area contributed by atoms with Crippen molar-refractivity contribution in [3.63, 3.8) is 0 Å². The number of nitrogens with two attached hydrogens (primary N) is 1. The second-order valence-electron chi connectivity index (χ2n) is 6.65. The summed E-state index contributed by atoms with van der Waals surface area (Å²) in [5.41, 5.74) is 6.59. The second kappa shape index (κ2) is 7.01. The lowest BCUT2D eigenvalue weighted by atomic mass is 10.0. The van der Waals surface area contributed by atoms with E-state index in [1.54, 1.807) is 5.38 Å². The van der Waals surface area contributed by atoms with Crippen LogP contribution in [0.5, 0.6) is 0 Å². The molecule has 0 bridgehead atoms. The van der Waals surface area contributed by atoms with Gasteiger partial charge in [-0.15, -0.1) is 23.1 Å². The van der Waals surface area contributed by atoms with E-state index in [2.05, 4.69) is 10.3 Å². The number of fused-ring (bicyclic) bond motifs is 1. The molecule has 142 valence electrons. The topological polar surface area (TPSA) is 126 Å². The number of carbonyl (C=O) groups excluding carboxylic acids is 2. The molecular weight excluding hydrogens is 388 g/mol. The third kappa shape index (κ3) is 3.46.